The van der Waals surface area contributed by atoms with Crippen molar-refractivity contribution >= 4 is 53.2 Å². The van der Waals surface area contributed by atoms with Crippen molar-refractivity contribution < 1.29 is 59.1 Å². The summed E-state index contributed by atoms with van der Waals surface area (Å²) >= 11 is 1.31. The summed E-state index contributed by atoms with van der Waals surface area (Å²) in [6.07, 6.45) is 0.602. The predicted molar refractivity (Wildman–Crippen MR) is 159 cm³/mol. The van der Waals surface area contributed by atoms with Gasteiger partial charge in [0.2, 0.25) is 29.5 Å². The van der Waals surface area contributed by atoms with E-state index in [0.717, 1.165) is 6.92 Å². The van der Waals surface area contributed by atoms with Crippen molar-refractivity contribution in [2.45, 2.75) is 62.8 Å². The number of benzene rings is 1. The number of hydrogen-bond donors (Lipinski definition) is 10. The number of carbonyl (C=O) groups excluding carboxylic acids is 5. The molecule has 0 spiro atoms. The van der Waals surface area contributed by atoms with Crippen LogP contribution in [0.4, 0.5) is 0 Å². The minimum atomic E-state index is -1.65. The standard InChI is InChI=1S/C27H39N5O12S/c1-14(35)28-20(12-33)25(41)31-19(11-15-3-5-16(36)6-4-15)24(40)32-21(13-34)26(42)29-17(9-10-45-2)23(39)30-18(27(43)44)7-8-22(37)38/h3-6,17-21,33-34,36H,7-13H2,1-2H3,(H,28,35)(H,29,42)(H,30,39)(H,31,41)(H,32,40)(H,37,38)(H,43,44)/t17-,18-,19-,20-,21-/m0/s1. The van der Waals surface area contributed by atoms with E-state index in [-0.39, 0.29) is 18.6 Å². The summed E-state index contributed by atoms with van der Waals surface area (Å²) in [5, 5.41) is 58.7. The van der Waals surface area contributed by atoms with E-state index in [1.165, 1.54) is 36.0 Å². The lowest BCUT2D eigenvalue weighted by atomic mass is 10.0. The lowest BCUT2D eigenvalue weighted by Gasteiger charge is -2.26. The van der Waals surface area contributed by atoms with E-state index in [9.17, 15) is 54.0 Å². The van der Waals surface area contributed by atoms with E-state index < -0.39 is 97.7 Å². The number of aromatic hydroxyl groups is 1. The van der Waals surface area contributed by atoms with Crippen LogP contribution in [0.5, 0.6) is 5.75 Å². The molecule has 1 aromatic rings. The summed E-state index contributed by atoms with van der Waals surface area (Å²) in [5.41, 5.74) is 0.461. The van der Waals surface area contributed by atoms with Crippen LogP contribution in [-0.2, 0) is 40.0 Å². The Morgan fingerprint density at radius 3 is 1.64 bits per heavy atom. The largest absolute Gasteiger partial charge is 0.508 e. The number of rotatable bonds is 20. The molecule has 0 unspecified atom stereocenters. The third-order valence-corrected chi connectivity index (χ3v) is 6.85. The molecule has 0 fully saturated rings. The van der Waals surface area contributed by atoms with Crippen molar-refractivity contribution in [2.24, 2.45) is 0 Å². The molecule has 0 saturated carbocycles. The molecule has 0 saturated heterocycles. The van der Waals surface area contributed by atoms with Gasteiger partial charge in [-0.1, -0.05) is 12.1 Å². The summed E-state index contributed by atoms with van der Waals surface area (Å²) in [7, 11) is 0. The molecule has 10 N–H and O–H groups in total. The number of thioether (sulfide) groups is 1. The first kappa shape index (κ1) is 38.6. The van der Waals surface area contributed by atoms with Crippen molar-refractivity contribution in [2.75, 3.05) is 25.2 Å². The van der Waals surface area contributed by atoms with Gasteiger partial charge in [-0.05, 0) is 42.5 Å². The molecule has 5 amide bonds. The molecule has 1 aromatic carbocycles. The Balaban J connectivity index is 3.14. The van der Waals surface area contributed by atoms with Gasteiger partial charge in [-0.25, -0.2) is 4.79 Å². The number of amides is 5. The molecule has 45 heavy (non-hydrogen) atoms. The van der Waals surface area contributed by atoms with Gasteiger partial charge in [0.15, 0.2) is 0 Å². The molecule has 0 aliphatic heterocycles. The highest BCUT2D eigenvalue weighted by molar-refractivity contribution is 7.98. The molecular weight excluding hydrogens is 618 g/mol. The number of carboxylic acid groups (broad SMARTS) is 2. The molecule has 18 heteroatoms. The Bertz CT molecular complexity index is 1200. The van der Waals surface area contributed by atoms with Crippen molar-refractivity contribution in [1.29, 1.82) is 0 Å². The van der Waals surface area contributed by atoms with Crippen LogP contribution in [0.1, 0.15) is 31.7 Å². The Hall–Kier alpha value is -4.42. The van der Waals surface area contributed by atoms with Crippen molar-refractivity contribution in [3.05, 3.63) is 29.8 Å². The topological polar surface area (TPSA) is 281 Å². The SMILES string of the molecule is CSCC[C@H](NC(=O)[C@H](CO)NC(=O)[C@H](Cc1ccc(O)cc1)NC(=O)[C@H](CO)NC(C)=O)C(=O)N[C@@H](CCC(=O)O)C(=O)O. The number of aliphatic hydroxyl groups is 2. The summed E-state index contributed by atoms with van der Waals surface area (Å²) in [5.74, 6) is -6.95. The molecule has 0 heterocycles. The van der Waals surface area contributed by atoms with Gasteiger partial charge in [0.05, 0.1) is 13.2 Å². The summed E-state index contributed by atoms with van der Waals surface area (Å²) in [6, 6.07) is -1.74. The second-order valence-corrected chi connectivity index (χ2v) is 10.8. The van der Waals surface area contributed by atoms with Crippen LogP contribution in [0, 0.1) is 0 Å². The normalized spacial score (nSPS) is 14.0. The van der Waals surface area contributed by atoms with Crippen LogP contribution < -0.4 is 26.6 Å². The Labute approximate surface area is 262 Å². The Morgan fingerprint density at radius 1 is 0.689 bits per heavy atom. The molecule has 5 atom stereocenters. The van der Waals surface area contributed by atoms with Gasteiger partial charge < -0.3 is 52.1 Å². The number of phenols is 1. The highest BCUT2D eigenvalue weighted by atomic mass is 32.2. The molecule has 0 aliphatic carbocycles. The molecule has 0 radical (unpaired) electrons. The third-order valence-electron chi connectivity index (χ3n) is 6.21. The van der Waals surface area contributed by atoms with Gasteiger partial charge in [-0.2, -0.15) is 11.8 Å². The smallest absolute Gasteiger partial charge is 0.326 e. The second kappa shape index (κ2) is 19.8. The first-order valence-electron chi connectivity index (χ1n) is 13.6. The quantitative estimate of drug-likeness (QED) is 0.0673. The van der Waals surface area contributed by atoms with Crippen molar-refractivity contribution in [1.82, 2.24) is 26.6 Å². The van der Waals surface area contributed by atoms with Gasteiger partial charge >= 0.3 is 11.9 Å². The third kappa shape index (κ3) is 14.3. The van der Waals surface area contributed by atoms with Gasteiger partial charge in [0.25, 0.3) is 0 Å². The minimum absolute atomic E-state index is 0.0152. The lowest BCUT2D eigenvalue weighted by molar-refractivity contribution is -0.143. The predicted octanol–water partition coefficient (Wildman–Crippen LogP) is -2.93. The average molecular weight is 658 g/mol. The molecule has 0 bridgehead atoms. The van der Waals surface area contributed by atoms with E-state index in [1.54, 1.807) is 6.26 Å². The number of carboxylic acids is 2. The van der Waals surface area contributed by atoms with E-state index in [1.807, 2.05) is 0 Å². The number of phenolic OH excluding ortho intramolecular Hbond substituents is 1. The number of nitrogens with one attached hydrogen (secondary N) is 5. The zero-order valence-corrected chi connectivity index (χ0v) is 25.5. The molecule has 1 rings (SSSR count). The van der Waals surface area contributed by atoms with Crippen LogP contribution in [-0.4, -0.2) is 122 Å². The van der Waals surface area contributed by atoms with Crippen LogP contribution in [0.15, 0.2) is 24.3 Å². The van der Waals surface area contributed by atoms with Crippen LogP contribution in [0.2, 0.25) is 0 Å². The van der Waals surface area contributed by atoms with E-state index in [2.05, 4.69) is 26.6 Å². The summed E-state index contributed by atoms with van der Waals surface area (Å²) in [4.78, 5) is 85.8. The molecular formula is C27H39N5O12S. The summed E-state index contributed by atoms with van der Waals surface area (Å²) in [6.45, 7) is -0.624. The number of carbonyl (C=O) groups is 7. The van der Waals surface area contributed by atoms with Crippen molar-refractivity contribution in [3.63, 3.8) is 0 Å². The highest BCUT2D eigenvalue weighted by Crippen LogP contribution is 2.12. The van der Waals surface area contributed by atoms with Gasteiger partial charge in [-0.3, -0.25) is 28.8 Å². The monoisotopic (exact) mass is 657 g/mol. The fraction of sp³-hybridized carbons (Fsp3) is 0.519. The maximum atomic E-state index is 13.3. The molecule has 0 aromatic heterocycles. The molecule has 0 aliphatic rings. The van der Waals surface area contributed by atoms with E-state index in [0.29, 0.717) is 11.3 Å². The van der Waals surface area contributed by atoms with Crippen LogP contribution >= 0.6 is 11.8 Å². The zero-order valence-electron chi connectivity index (χ0n) is 24.6. The number of aliphatic hydroxyl groups excluding tert-OH is 2. The highest BCUT2D eigenvalue weighted by Gasteiger charge is 2.32. The Morgan fingerprint density at radius 2 is 1.16 bits per heavy atom. The fourth-order valence-electron chi connectivity index (χ4n) is 3.83. The molecule has 250 valence electrons. The van der Waals surface area contributed by atoms with E-state index in [4.69, 9.17) is 5.11 Å². The average Bonchev–Trinajstić information content (AvgIpc) is 2.98. The maximum absolute atomic E-state index is 13.3. The van der Waals surface area contributed by atoms with Gasteiger partial charge in [0, 0.05) is 19.8 Å². The fourth-order valence-corrected chi connectivity index (χ4v) is 4.30. The lowest BCUT2D eigenvalue weighted by Crippen LogP contribution is -2.60. The minimum Gasteiger partial charge on any atom is -0.508 e. The van der Waals surface area contributed by atoms with Crippen LogP contribution in [0.25, 0.3) is 0 Å². The number of aliphatic carboxylic acids is 2. The molecule has 17 nitrogen and oxygen atoms in total. The maximum Gasteiger partial charge on any atom is 0.326 e. The summed E-state index contributed by atoms with van der Waals surface area (Å²) < 4.78 is 0. The first-order chi connectivity index (χ1) is 21.2. The van der Waals surface area contributed by atoms with E-state index >= 15 is 0 Å². The van der Waals surface area contributed by atoms with Crippen LogP contribution in [0.3, 0.4) is 0 Å². The Kier molecular flexibility index (Phi) is 17.0. The van der Waals surface area contributed by atoms with Gasteiger partial charge in [0.1, 0.15) is 36.0 Å². The second-order valence-electron chi connectivity index (χ2n) is 9.79. The van der Waals surface area contributed by atoms with Gasteiger partial charge in [-0.15, -0.1) is 0 Å². The number of hydrogen-bond acceptors (Lipinski definition) is 11. The zero-order chi connectivity index (χ0) is 34.1. The van der Waals surface area contributed by atoms with Crippen molar-refractivity contribution in [3.8, 4) is 5.75 Å². The first-order valence-corrected chi connectivity index (χ1v) is 15.0.